The van der Waals surface area contributed by atoms with Gasteiger partial charge in [-0.25, -0.2) is 0 Å². The Labute approximate surface area is 177 Å². The second-order valence-corrected chi connectivity index (χ2v) is 6.40. The van der Waals surface area contributed by atoms with Crippen molar-refractivity contribution in [3.8, 4) is 11.5 Å². The van der Waals surface area contributed by atoms with E-state index in [-0.39, 0.29) is 24.0 Å². The summed E-state index contributed by atoms with van der Waals surface area (Å²) in [5.41, 5.74) is 1.66. The molecule has 3 aromatic carbocycles. The molecule has 0 unspecified atom stereocenters. The second kappa shape index (κ2) is 10.7. The van der Waals surface area contributed by atoms with Crippen molar-refractivity contribution >= 4 is 17.5 Å². The number of benzene rings is 3. The molecule has 6 nitrogen and oxygen atoms in total. The van der Waals surface area contributed by atoms with Gasteiger partial charge in [-0.05, 0) is 42.0 Å². The average Bonchev–Trinajstić information content (AvgIpc) is 2.78. The van der Waals surface area contributed by atoms with E-state index in [1.165, 1.54) is 24.3 Å². The Kier molecular flexibility index (Phi) is 7.53. The van der Waals surface area contributed by atoms with Gasteiger partial charge in [0.15, 0.2) is 6.61 Å². The third kappa shape index (κ3) is 6.81. The third-order valence-electron chi connectivity index (χ3n) is 4.15. The summed E-state index contributed by atoms with van der Waals surface area (Å²) in [6.45, 7) is -2.89. The SMILES string of the molecule is O=C(COc1ccccc1C(=O)NCc1ccccc1)Nc1ccc(OC(F)F)cc1. The number of alkyl halides is 2. The van der Waals surface area contributed by atoms with Gasteiger partial charge in [0.25, 0.3) is 11.8 Å². The lowest BCUT2D eigenvalue weighted by atomic mass is 10.1. The van der Waals surface area contributed by atoms with Crippen LogP contribution in [0.25, 0.3) is 0 Å². The normalized spacial score (nSPS) is 10.4. The monoisotopic (exact) mass is 426 g/mol. The number of hydrogen-bond donors (Lipinski definition) is 2. The van der Waals surface area contributed by atoms with Gasteiger partial charge in [0, 0.05) is 12.2 Å². The molecule has 0 bridgehead atoms. The molecular formula is C23H20F2N2O4. The smallest absolute Gasteiger partial charge is 0.387 e. The fourth-order valence-electron chi connectivity index (χ4n) is 2.71. The average molecular weight is 426 g/mol. The summed E-state index contributed by atoms with van der Waals surface area (Å²) >= 11 is 0. The largest absolute Gasteiger partial charge is 0.483 e. The van der Waals surface area contributed by atoms with E-state index in [9.17, 15) is 18.4 Å². The van der Waals surface area contributed by atoms with Crippen molar-refractivity contribution in [3.63, 3.8) is 0 Å². The van der Waals surface area contributed by atoms with Crippen LogP contribution in [0.2, 0.25) is 0 Å². The van der Waals surface area contributed by atoms with E-state index < -0.39 is 12.5 Å². The van der Waals surface area contributed by atoms with E-state index in [1.807, 2.05) is 30.3 Å². The van der Waals surface area contributed by atoms with Gasteiger partial charge in [-0.3, -0.25) is 9.59 Å². The van der Waals surface area contributed by atoms with Gasteiger partial charge >= 0.3 is 6.61 Å². The van der Waals surface area contributed by atoms with E-state index in [2.05, 4.69) is 15.4 Å². The minimum absolute atomic E-state index is 0.0142. The number of para-hydroxylation sites is 1. The predicted octanol–water partition coefficient (Wildman–Crippen LogP) is 4.24. The summed E-state index contributed by atoms with van der Waals surface area (Å²) in [5.74, 6) is -0.542. The van der Waals surface area contributed by atoms with Crippen molar-refractivity contribution < 1.29 is 27.8 Å². The van der Waals surface area contributed by atoms with Gasteiger partial charge in [-0.1, -0.05) is 42.5 Å². The number of carbonyl (C=O) groups is 2. The first-order valence-electron chi connectivity index (χ1n) is 9.40. The molecule has 3 aromatic rings. The molecule has 0 fully saturated rings. The van der Waals surface area contributed by atoms with Crippen molar-refractivity contribution in [1.29, 1.82) is 0 Å². The van der Waals surface area contributed by atoms with Crippen LogP contribution in [-0.4, -0.2) is 25.0 Å². The van der Waals surface area contributed by atoms with Crippen LogP contribution < -0.4 is 20.1 Å². The predicted molar refractivity (Wildman–Crippen MR) is 111 cm³/mol. The molecule has 31 heavy (non-hydrogen) atoms. The Bertz CT molecular complexity index is 1010. The zero-order valence-corrected chi connectivity index (χ0v) is 16.4. The summed E-state index contributed by atoms with van der Waals surface area (Å²) in [6, 6.07) is 21.6. The van der Waals surface area contributed by atoms with Crippen LogP contribution in [0, 0.1) is 0 Å². The molecule has 0 heterocycles. The maximum atomic E-state index is 12.5. The number of carbonyl (C=O) groups excluding carboxylic acids is 2. The quantitative estimate of drug-likeness (QED) is 0.537. The number of hydrogen-bond acceptors (Lipinski definition) is 4. The summed E-state index contributed by atoms with van der Waals surface area (Å²) in [5, 5.41) is 5.40. The van der Waals surface area contributed by atoms with Crippen molar-refractivity contribution in [2.45, 2.75) is 13.2 Å². The molecule has 160 valence electrons. The Morgan fingerprint density at radius 2 is 1.55 bits per heavy atom. The molecule has 0 saturated carbocycles. The highest BCUT2D eigenvalue weighted by Gasteiger charge is 2.13. The lowest BCUT2D eigenvalue weighted by Gasteiger charge is -2.12. The van der Waals surface area contributed by atoms with E-state index in [0.29, 0.717) is 17.8 Å². The molecule has 0 atom stereocenters. The third-order valence-corrected chi connectivity index (χ3v) is 4.15. The standard InChI is InChI=1S/C23H20F2N2O4/c24-23(25)31-18-12-10-17(11-13-18)27-21(28)15-30-20-9-5-4-8-19(20)22(29)26-14-16-6-2-1-3-7-16/h1-13,23H,14-15H2,(H,26,29)(H,27,28). The molecule has 0 aromatic heterocycles. The molecule has 3 rings (SSSR count). The van der Waals surface area contributed by atoms with Gasteiger partial charge in [-0.15, -0.1) is 0 Å². The van der Waals surface area contributed by atoms with Crippen LogP contribution in [0.1, 0.15) is 15.9 Å². The van der Waals surface area contributed by atoms with Crippen molar-refractivity contribution in [3.05, 3.63) is 90.0 Å². The van der Waals surface area contributed by atoms with Gasteiger partial charge in [0.2, 0.25) is 0 Å². The molecule has 0 aliphatic carbocycles. The zero-order chi connectivity index (χ0) is 22.1. The topological polar surface area (TPSA) is 76.7 Å². The first kappa shape index (κ1) is 21.8. The number of amides is 2. The summed E-state index contributed by atoms with van der Waals surface area (Å²) in [6.07, 6.45) is 0. The van der Waals surface area contributed by atoms with Crippen LogP contribution in [0.15, 0.2) is 78.9 Å². The number of nitrogens with one attached hydrogen (secondary N) is 2. The highest BCUT2D eigenvalue weighted by atomic mass is 19.3. The minimum atomic E-state index is -2.92. The number of rotatable bonds is 9. The summed E-state index contributed by atoms with van der Waals surface area (Å²) in [7, 11) is 0. The molecular weight excluding hydrogens is 406 g/mol. The van der Waals surface area contributed by atoms with Gasteiger partial charge in [0.05, 0.1) is 5.56 Å². The highest BCUT2D eigenvalue weighted by Crippen LogP contribution is 2.19. The minimum Gasteiger partial charge on any atom is -0.483 e. The first-order valence-corrected chi connectivity index (χ1v) is 9.40. The van der Waals surface area contributed by atoms with E-state index >= 15 is 0 Å². The molecule has 8 heteroatoms. The molecule has 0 radical (unpaired) electrons. The van der Waals surface area contributed by atoms with Crippen LogP contribution in [-0.2, 0) is 11.3 Å². The summed E-state index contributed by atoms with van der Waals surface area (Å²) < 4.78 is 34.1. The Balaban J connectivity index is 1.54. The maximum absolute atomic E-state index is 12.5. The first-order chi connectivity index (χ1) is 15.0. The van der Waals surface area contributed by atoms with E-state index in [4.69, 9.17) is 4.74 Å². The molecule has 0 saturated heterocycles. The lowest BCUT2D eigenvalue weighted by molar-refractivity contribution is -0.118. The summed E-state index contributed by atoms with van der Waals surface area (Å²) in [4.78, 5) is 24.7. The fraction of sp³-hybridized carbons (Fsp3) is 0.130. The molecule has 0 aliphatic rings. The van der Waals surface area contributed by atoms with Crippen LogP contribution in [0.4, 0.5) is 14.5 Å². The molecule has 2 amide bonds. The van der Waals surface area contributed by atoms with E-state index in [0.717, 1.165) is 5.56 Å². The van der Waals surface area contributed by atoms with Crippen LogP contribution in [0.5, 0.6) is 11.5 Å². The lowest BCUT2D eigenvalue weighted by Crippen LogP contribution is -2.25. The second-order valence-electron chi connectivity index (χ2n) is 6.40. The number of anilines is 1. The van der Waals surface area contributed by atoms with Gasteiger partial charge in [0.1, 0.15) is 11.5 Å². The Morgan fingerprint density at radius 1 is 0.871 bits per heavy atom. The molecule has 0 spiro atoms. The van der Waals surface area contributed by atoms with Gasteiger partial charge < -0.3 is 20.1 Å². The molecule has 0 aliphatic heterocycles. The Morgan fingerprint density at radius 3 is 2.26 bits per heavy atom. The van der Waals surface area contributed by atoms with Crippen molar-refractivity contribution in [2.24, 2.45) is 0 Å². The maximum Gasteiger partial charge on any atom is 0.387 e. The number of halogens is 2. The fourth-order valence-corrected chi connectivity index (χ4v) is 2.71. The number of ether oxygens (including phenoxy) is 2. The van der Waals surface area contributed by atoms with Crippen molar-refractivity contribution in [2.75, 3.05) is 11.9 Å². The van der Waals surface area contributed by atoms with E-state index in [1.54, 1.807) is 24.3 Å². The zero-order valence-electron chi connectivity index (χ0n) is 16.4. The van der Waals surface area contributed by atoms with Crippen molar-refractivity contribution in [1.82, 2.24) is 5.32 Å². The molecule has 2 N–H and O–H groups in total. The Hall–Kier alpha value is -3.94. The van der Waals surface area contributed by atoms with Crippen LogP contribution >= 0.6 is 0 Å². The highest BCUT2D eigenvalue weighted by molar-refractivity contribution is 5.97. The van der Waals surface area contributed by atoms with Gasteiger partial charge in [-0.2, -0.15) is 8.78 Å². The van der Waals surface area contributed by atoms with Crippen LogP contribution in [0.3, 0.4) is 0 Å².